The fourth-order valence-corrected chi connectivity index (χ4v) is 3.59. The zero-order valence-corrected chi connectivity index (χ0v) is 14.7. The normalized spacial score (nSPS) is 11.8. The molecule has 2 aromatic rings. The lowest BCUT2D eigenvalue weighted by molar-refractivity contribution is 0.520. The van der Waals surface area contributed by atoms with Crippen LogP contribution in [0, 0.1) is 0 Å². The zero-order valence-electron chi connectivity index (χ0n) is 11.4. The van der Waals surface area contributed by atoms with Crippen LogP contribution in [0.15, 0.2) is 55.8 Å². The minimum absolute atomic E-state index is 0.210. The number of nitrogens with two attached hydrogens (primary N) is 1. The predicted molar refractivity (Wildman–Crippen MR) is 87.8 cm³/mol. The second-order valence-electron chi connectivity index (χ2n) is 4.40. The molecule has 0 unspecified atom stereocenters. The molecule has 112 valence electrons. The van der Waals surface area contributed by atoms with Crippen LogP contribution in [0.2, 0.25) is 0 Å². The lowest BCUT2D eigenvalue weighted by Crippen LogP contribution is -2.22. The first-order valence-electron chi connectivity index (χ1n) is 5.92. The molecular weight excluding hydrogens is 374 g/mol. The Morgan fingerprint density at radius 1 is 1.24 bits per heavy atom. The summed E-state index contributed by atoms with van der Waals surface area (Å²) in [5, 5.41) is 0.740. The molecule has 8 heteroatoms. The second kappa shape index (κ2) is 6.35. The first-order chi connectivity index (χ1) is 9.80. The van der Waals surface area contributed by atoms with Crippen LogP contribution in [-0.4, -0.2) is 31.8 Å². The number of sulfonamides is 1. The van der Waals surface area contributed by atoms with E-state index in [0.29, 0.717) is 10.6 Å². The summed E-state index contributed by atoms with van der Waals surface area (Å²) in [5.41, 5.74) is 6.44. The molecular formula is C13H14BrN3O2S2. The van der Waals surface area contributed by atoms with Crippen LogP contribution >= 0.6 is 27.7 Å². The SMILES string of the molecule is CN(C)S(=O)(=O)c1ccc(N)c(Sc2ccc(Br)cn2)c1. The first kappa shape index (κ1) is 16.3. The highest BCUT2D eigenvalue weighted by molar-refractivity contribution is 9.10. The topological polar surface area (TPSA) is 76.3 Å². The van der Waals surface area contributed by atoms with Crippen LogP contribution in [0.25, 0.3) is 0 Å². The van der Waals surface area contributed by atoms with E-state index in [9.17, 15) is 8.42 Å². The van der Waals surface area contributed by atoms with Crippen LogP contribution in [-0.2, 0) is 10.0 Å². The molecule has 0 aliphatic carbocycles. The lowest BCUT2D eigenvalue weighted by Gasteiger charge is -2.13. The van der Waals surface area contributed by atoms with Gasteiger partial charge < -0.3 is 5.73 Å². The molecule has 0 atom stereocenters. The average Bonchev–Trinajstić information content (AvgIpc) is 2.43. The standard InChI is InChI=1S/C13H14BrN3O2S2/c1-17(2)21(18,19)10-4-5-11(15)12(7-10)20-13-6-3-9(14)8-16-13/h3-8H,15H2,1-2H3. The van der Waals surface area contributed by atoms with Crippen molar-refractivity contribution >= 4 is 43.4 Å². The summed E-state index contributed by atoms with van der Waals surface area (Å²) in [6.45, 7) is 0. The summed E-state index contributed by atoms with van der Waals surface area (Å²) in [5.74, 6) is 0. The highest BCUT2D eigenvalue weighted by atomic mass is 79.9. The third-order valence-electron chi connectivity index (χ3n) is 2.68. The number of aromatic nitrogens is 1. The van der Waals surface area contributed by atoms with Gasteiger partial charge in [-0.15, -0.1) is 0 Å². The number of pyridine rings is 1. The van der Waals surface area contributed by atoms with Crippen molar-refractivity contribution in [1.82, 2.24) is 9.29 Å². The molecule has 0 saturated carbocycles. The summed E-state index contributed by atoms with van der Waals surface area (Å²) in [7, 11) is -0.489. The molecule has 0 aliphatic rings. The number of hydrogen-bond donors (Lipinski definition) is 1. The third-order valence-corrected chi connectivity index (χ3v) is 5.98. The number of anilines is 1. The van der Waals surface area contributed by atoms with Gasteiger partial charge >= 0.3 is 0 Å². The van der Waals surface area contributed by atoms with Gasteiger partial charge in [0.15, 0.2) is 0 Å². The van der Waals surface area contributed by atoms with Crippen LogP contribution in [0.1, 0.15) is 0 Å². The van der Waals surface area contributed by atoms with Gasteiger partial charge in [0.25, 0.3) is 0 Å². The van der Waals surface area contributed by atoms with E-state index in [1.54, 1.807) is 18.3 Å². The smallest absolute Gasteiger partial charge is 0.242 e. The van der Waals surface area contributed by atoms with Crippen LogP contribution in [0.3, 0.4) is 0 Å². The third kappa shape index (κ3) is 3.76. The molecule has 2 rings (SSSR count). The van der Waals surface area contributed by atoms with Crippen molar-refractivity contribution in [2.24, 2.45) is 0 Å². The quantitative estimate of drug-likeness (QED) is 0.816. The van der Waals surface area contributed by atoms with Gasteiger partial charge in [-0.3, -0.25) is 0 Å². The summed E-state index contributed by atoms with van der Waals surface area (Å²) in [6, 6.07) is 8.37. The monoisotopic (exact) mass is 387 g/mol. The summed E-state index contributed by atoms with van der Waals surface area (Å²) in [4.78, 5) is 5.11. The Morgan fingerprint density at radius 3 is 2.52 bits per heavy atom. The molecule has 0 bridgehead atoms. The summed E-state index contributed by atoms with van der Waals surface area (Å²) >= 11 is 4.64. The Kier molecular flexibility index (Phi) is 4.92. The molecule has 0 spiro atoms. The van der Waals surface area contributed by atoms with Crippen LogP contribution < -0.4 is 5.73 Å². The Hall–Kier alpha value is -1.09. The fraction of sp³-hybridized carbons (Fsp3) is 0.154. The van der Waals surface area contributed by atoms with Gasteiger partial charge in [-0.2, -0.15) is 0 Å². The van der Waals surface area contributed by atoms with Crippen molar-refractivity contribution in [1.29, 1.82) is 0 Å². The molecule has 0 radical (unpaired) electrons. The van der Waals surface area contributed by atoms with E-state index >= 15 is 0 Å². The fourth-order valence-electron chi connectivity index (χ4n) is 1.51. The molecule has 2 N–H and O–H groups in total. The largest absolute Gasteiger partial charge is 0.398 e. The first-order valence-corrected chi connectivity index (χ1v) is 8.97. The number of benzene rings is 1. The van der Waals surface area contributed by atoms with Crippen LogP contribution in [0.5, 0.6) is 0 Å². The van der Waals surface area contributed by atoms with E-state index in [0.717, 1.165) is 9.50 Å². The van der Waals surface area contributed by atoms with Crippen molar-refractivity contribution in [2.45, 2.75) is 14.8 Å². The van der Waals surface area contributed by atoms with Crippen molar-refractivity contribution in [3.8, 4) is 0 Å². The van der Waals surface area contributed by atoms with Gasteiger partial charge in [0.05, 0.1) is 4.90 Å². The van der Waals surface area contributed by atoms with Gasteiger partial charge in [-0.05, 0) is 46.3 Å². The van der Waals surface area contributed by atoms with Crippen molar-refractivity contribution < 1.29 is 8.42 Å². The van der Waals surface area contributed by atoms with E-state index in [4.69, 9.17) is 5.73 Å². The number of nitrogen functional groups attached to an aromatic ring is 1. The lowest BCUT2D eigenvalue weighted by atomic mass is 10.3. The Balaban J connectivity index is 2.38. The Labute approximate surface area is 136 Å². The van der Waals surface area contributed by atoms with E-state index in [2.05, 4.69) is 20.9 Å². The van der Waals surface area contributed by atoms with Gasteiger partial charge in [0, 0.05) is 35.3 Å². The Bertz CT molecular complexity index is 747. The molecule has 1 aromatic heterocycles. The van der Waals surface area contributed by atoms with Gasteiger partial charge in [-0.25, -0.2) is 17.7 Å². The molecule has 21 heavy (non-hydrogen) atoms. The second-order valence-corrected chi connectivity index (χ2v) is 8.53. The number of hydrogen-bond acceptors (Lipinski definition) is 5. The summed E-state index contributed by atoms with van der Waals surface area (Å²) < 4.78 is 26.3. The van der Waals surface area contributed by atoms with Crippen molar-refractivity contribution in [3.63, 3.8) is 0 Å². The molecule has 1 heterocycles. The van der Waals surface area contributed by atoms with E-state index in [1.165, 1.54) is 36.2 Å². The molecule has 5 nitrogen and oxygen atoms in total. The van der Waals surface area contributed by atoms with Crippen molar-refractivity contribution in [2.75, 3.05) is 19.8 Å². The maximum absolute atomic E-state index is 12.1. The minimum Gasteiger partial charge on any atom is -0.398 e. The summed E-state index contributed by atoms with van der Waals surface area (Å²) in [6.07, 6.45) is 1.68. The maximum Gasteiger partial charge on any atom is 0.242 e. The van der Waals surface area contributed by atoms with Gasteiger partial charge in [0.2, 0.25) is 10.0 Å². The van der Waals surface area contributed by atoms with Crippen LogP contribution in [0.4, 0.5) is 5.69 Å². The Morgan fingerprint density at radius 2 is 1.95 bits per heavy atom. The van der Waals surface area contributed by atoms with E-state index in [1.807, 2.05) is 12.1 Å². The predicted octanol–water partition coefficient (Wildman–Crippen LogP) is 2.83. The van der Waals surface area contributed by atoms with E-state index < -0.39 is 10.0 Å². The molecule has 0 amide bonds. The number of rotatable bonds is 4. The zero-order chi connectivity index (χ0) is 15.6. The molecule has 0 saturated heterocycles. The number of nitrogens with zero attached hydrogens (tertiary/aromatic N) is 2. The van der Waals surface area contributed by atoms with E-state index in [-0.39, 0.29) is 4.90 Å². The molecule has 1 aromatic carbocycles. The molecule has 0 aliphatic heterocycles. The minimum atomic E-state index is -3.48. The number of halogens is 1. The van der Waals surface area contributed by atoms with Crippen molar-refractivity contribution in [3.05, 3.63) is 41.0 Å². The van der Waals surface area contributed by atoms with Gasteiger partial charge in [0.1, 0.15) is 5.03 Å². The highest BCUT2D eigenvalue weighted by Gasteiger charge is 2.18. The average molecular weight is 388 g/mol. The maximum atomic E-state index is 12.1. The molecule has 0 fully saturated rings. The highest BCUT2D eigenvalue weighted by Crippen LogP contribution is 2.33. The van der Waals surface area contributed by atoms with Gasteiger partial charge in [-0.1, -0.05) is 11.8 Å².